The second-order valence-electron chi connectivity index (χ2n) is 6.71. The van der Waals surface area contributed by atoms with Gasteiger partial charge in [-0.3, -0.25) is 9.59 Å². The Labute approximate surface area is 177 Å². The quantitative estimate of drug-likeness (QED) is 0.627. The molecule has 0 unspecified atom stereocenters. The SMILES string of the molecule is O=C(CSCc1nnc(C(=O)Nc2cccc(F)c2)s1)NCCN1CCCCC1. The monoisotopic (exact) mass is 437 g/mol. The molecule has 0 radical (unpaired) electrons. The molecule has 2 N–H and O–H groups in total. The van der Waals surface area contributed by atoms with Crippen molar-refractivity contribution in [3.63, 3.8) is 0 Å². The van der Waals surface area contributed by atoms with Crippen molar-refractivity contribution in [2.24, 2.45) is 0 Å². The molecule has 1 aromatic carbocycles. The van der Waals surface area contributed by atoms with Crippen molar-refractivity contribution < 1.29 is 14.0 Å². The number of anilines is 1. The molecule has 1 saturated heterocycles. The summed E-state index contributed by atoms with van der Waals surface area (Å²) < 4.78 is 13.2. The minimum atomic E-state index is -0.431. The first-order valence-corrected chi connectivity index (χ1v) is 11.5. The molecule has 2 amide bonds. The Morgan fingerprint density at radius 1 is 1.21 bits per heavy atom. The first kappa shape index (κ1) is 21.7. The summed E-state index contributed by atoms with van der Waals surface area (Å²) in [6.45, 7) is 3.81. The highest BCUT2D eigenvalue weighted by Crippen LogP contribution is 2.18. The molecule has 7 nitrogen and oxygen atoms in total. The number of rotatable bonds is 9. The van der Waals surface area contributed by atoms with Crippen LogP contribution in [0.4, 0.5) is 10.1 Å². The fraction of sp³-hybridized carbons (Fsp3) is 0.474. The van der Waals surface area contributed by atoms with Crippen LogP contribution in [0.3, 0.4) is 0 Å². The van der Waals surface area contributed by atoms with E-state index in [-0.39, 0.29) is 10.9 Å². The average molecular weight is 438 g/mol. The van der Waals surface area contributed by atoms with Crippen LogP contribution in [0.1, 0.15) is 34.1 Å². The Kier molecular flexibility index (Phi) is 8.38. The number of carbonyl (C=O) groups excluding carboxylic acids is 2. The highest BCUT2D eigenvalue weighted by molar-refractivity contribution is 7.99. The van der Waals surface area contributed by atoms with Crippen molar-refractivity contribution in [2.45, 2.75) is 25.0 Å². The fourth-order valence-electron chi connectivity index (χ4n) is 2.97. The number of aromatic nitrogens is 2. The Hall–Kier alpha value is -2.04. The van der Waals surface area contributed by atoms with Crippen molar-refractivity contribution in [1.82, 2.24) is 20.4 Å². The number of amides is 2. The normalized spacial score (nSPS) is 14.5. The Morgan fingerprint density at radius 3 is 2.83 bits per heavy atom. The minimum absolute atomic E-state index is 0.000551. The van der Waals surface area contributed by atoms with Crippen LogP contribution < -0.4 is 10.6 Å². The van der Waals surface area contributed by atoms with Crippen LogP contribution in [0.2, 0.25) is 0 Å². The van der Waals surface area contributed by atoms with Crippen LogP contribution in [0, 0.1) is 5.82 Å². The summed E-state index contributed by atoms with van der Waals surface area (Å²) in [7, 11) is 0. The van der Waals surface area contributed by atoms with Crippen LogP contribution in [0.25, 0.3) is 0 Å². The van der Waals surface area contributed by atoms with Gasteiger partial charge in [0.2, 0.25) is 10.9 Å². The van der Waals surface area contributed by atoms with E-state index in [1.54, 1.807) is 6.07 Å². The van der Waals surface area contributed by atoms with Crippen LogP contribution in [0.15, 0.2) is 24.3 Å². The maximum Gasteiger partial charge on any atom is 0.286 e. The van der Waals surface area contributed by atoms with Crippen LogP contribution in [-0.4, -0.2) is 58.8 Å². The number of nitrogens with zero attached hydrogens (tertiary/aromatic N) is 3. The van der Waals surface area contributed by atoms with Crippen LogP contribution in [0.5, 0.6) is 0 Å². The van der Waals surface area contributed by atoms with Gasteiger partial charge in [-0.1, -0.05) is 23.8 Å². The third-order valence-corrected chi connectivity index (χ3v) is 6.45. The van der Waals surface area contributed by atoms with E-state index in [2.05, 4.69) is 25.7 Å². The van der Waals surface area contributed by atoms with Gasteiger partial charge in [0.25, 0.3) is 5.91 Å². The molecule has 0 aliphatic carbocycles. The van der Waals surface area contributed by atoms with Gasteiger partial charge in [-0.2, -0.15) is 0 Å². The fourth-order valence-corrected chi connectivity index (χ4v) is 4.61. The number of carbonyl (C=O) groups is 2. The summed E-state index contributed by atoms with van der Waals surface area (Å²) in [5.41, 5.74) is 0.363. The maximum atomic E-state index is 13.2. The van der Waals surface area contributed by atoms with Crippen molar-refractivity contribution in [3.8, 4) is 0 Å². The highest BCUT2D eigenvalue weighted by atomic mass is 32.2. The summed E-state index contributed by atoms with van der Waals surface area (Å²) >= 11 is 2.60. The van der Waals surface area contributed by atoms with Gasteiger partial charge in [0.1, 0.15) is 10.8 Å². The van der Waals surface area contributed by atoms with Gasteiger partial charge in [-0.15, -0.1) is 22.0 Å². The zero-order valence-electron chi connectivity index (χ0n) is 16.0. The van der Waals surface area contributed by atoms with E-state index in [9.17, 15) is 14.0 Å². The Bertz CT molecular complexity index is 826. The lowest BCUT2D eigenvalue weighted by Gasteiger charge is -2.26. The molecule has 1 aliphatic heterocycles. The van der Waals surface area contributed by atoms with E-state index in [4.69, 9.17) is 0 Å². The number of halogens is 1. The zero-order chi connectivity index (χ0) is 20.5. The molecular weight excluding hydrogens is 413 g/mol. The Balaban J connectivity index is 1.34. The predicted octanol–water partition coefficient (Wildman–Crippen LogP) is 2.76. The number of hydrogen-bond acceptors (Lipinski definition) is 7. The van der Waals surface area contributed by atoms with E-state index < -0.39 is 11.7 Å². The van der Waals surface area contributed by atoms with Crippen molar-refractivity contribution in [2.75, 3.05) is 37.2 Å². The van der Waals surface area contributed by atoms with Crippen LogP contribution >= 0.6 is 23.1 Å². The summed E-state index contributed by atoms with van der Waals surface area (Å²) in [4.78, 5) is 26.5. The van der Waals surface area contributed by atoms with E-state index >= 15 is 0 Å². The van der Waals surface area contributed by atoms with Gasteiger partial charge in [0.15, 0.2) is 0 Å². The first-order chi connectivity index (χ1) is 14.1. The largest absolute Gasteiger partial charge is 0.354 e. The topological polar surface area (TPSA) is 87.2 Å². The lowest BCUT2D eigenvalue weighted by atomic mass is 10.1. The summed E-state index contributed by atoms with van der Waals surface area (Å²) in [6, 6.07) is 5.66. The third-order valence-electron chi connectivity index (χ3n) is 4.40. The molecule has 2 aromatic rings. The van der Waals surface area contributed by atoms with Gasteiger partial charge in [0, 0.05) is 24.5 Å². The van der Waals surface area contributed by atoms with Crippen LogP contribution in [-0.2, 0) is 10.5 Å². The summed E-state index contributed by atoms with van der Waals surface area (Å²) in [5, 5.41) is 14.3. The average Bonchev–Trinajstić information content (AvgIpc) is 3.18. The molecule has 0 spiro atoms. The molecule has 0 saturated carbocycles. The van der Waals surface area contributed by atoms with Gasteiger partial charge < -0.3 is 15.5 Å². The third kappa shape index (κ3) is 7.37. The van der Waals surface area contributed by atoms with E-state index in [1.807, 2.05) is 0 Å². The van der Waals surface area contributed by atoms with Gasteiger partial charge in [-0.25, -0.2) is 4.39 Å². The summed E-state index contributed by atoms with van der Waals surface area (Å²) in [5.74, 6) is -0.0127. The number of likely N-dealkylation sites (tertiary alicyclic amines) is 1. The molecule has 1 aromatic heterocycles. The molecule has 10 heteroatoms. The first-order valence-electron chi connectivity index (χ1n) is 9.56. The van der Waals surface area contributed by atoms with Gasteiger partial charge in [0.05, 0.1) is 5.75 Å². The molecule has 0 atom stereocenters. The number of piperidine rings is 1. The van der Waals surface area contributed by atoms with Gasteiger partial charge >= 0.3 is 0 Å². The molecule has 2 heterocycles. The predicted molar refractivity (Wildman–Crippen MR) is 114 cm³/mol. The molecule has 0 bridgehead atoms. The number of thioether (sulfide) groups is 1. The standard InChI is InChI=1S/C19H24FN5O2S2/c20-14-5-4-6-15(11-14)22-18(27)19-24-23-17(29-19)13-28-12-16(26)21-7-10-25-8-2-1-3-9-25/h4-6,11H,1-3,7-10,12-13H2,(H,21,26)(H,22,27). The van der Waals surface area contributed by atoms with Gasteiger partial charge in [-0.05, 0) is 44.1 Å². The summed E-state index contributed by atoms with van der Waals surface area (Å²) in [6.07, 6.45) is 3.79. The molecule has 1 aliphatic rings. The lowest BCUT2D eigenvalue weighted by Crippen LogP contribution is -2.38. The van der Waals surface area contributed by atoms with Crippen molar-refractivity contribution in [1.29, 1.82) is 0 Å². The minimum Gasteiger partial charge on any atom is -0.354 e. The zero-order valence-corrected chi connectivity index (χ0v) is 17.7. The van der Waals surface area contributed by atoms with E-state index in [0.29, 0.717) is 28.7 Å². The number of nitrogens with one attached hydrogen (secondary N) is 2. The van der Waals surface area contributed by atoms with E-state index in [0.717, 1.165) is 19.6 Å². The van der Waals surface area contributed by atoms with Crippen molar-refractivity contribution >= 4 is 40.6 Å². The molecule has 1 fully saturated rings. The highest BCUT2D eigenvalue weighted by Gasteiger charge is 2.14. The molecule has 29 heavy (non-hydrogen) atoms. The van der Waals surface area contributed by atoms with E-state index in [1.165, 1.54) is 60.6 Å². The number of benzene rings is 1. The Morgan fingerprint density at radius 2 is 2.03 bits per heavy atom. The second kappa shape index (κ2) is 11.2. The smallest absolute Gasteiger partial charge is 0.286 e. The molecular formula is C19H24FN5O2S2. The molecule has 3 rings (SSSR count). The second-order valence-corrected chi connectivity index (χ2v) is 8.76. The lowest BCUT2D eigenvalue weighted by molar-refractivity contribution is -0.118. The maximum absolute atomic E-state index is 13.2. The molecule has 156 valence electrons. The number of hydrogen-bond donors (Lipinski definition) is 2. The van der Waals surface area contributed by atoms with Crippen molar-refractivity contribution in [3.05, 3.63) is 40.1 Å².